The average Bonchev–Trinajstić information content (AvgIpc) is 3.49. The molecule has 1 aliphatic heterocycles. The Kier molecular flexibility index (Phi) is 6.72. The van der Waals surface area contributed by atoms with Crippen LogP contribution in [0.15, 0.2) is 36.5 Å². The summed E-state index contributed by atoms with van der Waals surface area (Å²) >= 11 is 0. The predicted octanol–water partition coefficient (Wildman–Crippen LogP) is 3.63. The number of hydrogen-bond donors (Lipinski definition) is 2. The minimum atomic E-state index is -0.304. The summed E-state index contributed by atoms with van der Waals surface area (Å²) in [7, 11) is 5.20. The van der Waals surface area contributed by atoms with Crippen LogP contribution in [0.25, 0.3) is 27.8 Å². The van der Waals surface area contributed by atoms with Gasteiger partial charge in [0, 0.05) is 43.8 Å². The van der Waals surface area contributed by atoms with E-state index < -0.39 is 0 Å². The first kappa shape index (κ1) is 25.0. The van der Waals surface area contributed by atoms with Crippen LogP contribution in [-0.4, -0.2) is 82.0 Å². The minimum absolute atomic E-state index is 0.155. The van der Waals surface area contributed by atoms with E-state index in [-0.39, 0.29) is 17.6 Å². The van der Waals surface area contributed by atoms with Gasteiger partial charge in [-0.05, 0) is 73.2 Å². The van der Waals surface area contributed by atoms with Gasteiger partial charge in [0.25, 0.3) is 5.91 Å². The Morgan fingerprint density at radius 1 is 1.16 bits per heavy atom. The molecule has 3 aromatic heterocycles. The monoisotopic (exact) mass is 501 g/mol. The van der Waals surface area contributed by atoms with Gasteiger partial charge in [-0.2, -0.15) is 0 Å². The van der Waals surface area contributed by atoms with Crippen LogP contribution in [0.1, 0.15) is 60.3 Å². The molecule has 194 valence electrons. The van der Waals surface area contributed by atoms with Crippen LogP contribution in [0.2, 0.25) is 0 Å². The fourth-order valence-electron chi connectivity index (χ4n) is 5.31. The third-order valence-corrected chi connectivity index (χ3v) is 7.41. The van der Waals surface area contributed by atoms with Crippen molar-refractivity contribution >= 4 is 28.4 Å². The molecule has 0 atom stereocenters. The van der Waals surface area contributed by atoms with Gasteiger partial charge in [0.15, 0.2) is 5.65 Å². The van der Waals surface area contributed by atoms with Gasteiger partial charge in [0.2, 0.25) is 11.7 Å². The number of nitrogens with zero attached hydrogens (tertiary/aromatic N) is 5. The van der Waals surface area contributed by atoms with Crippen LogP contribution >= 0.6 is 0 Å². The van der Waals surface area contributed by atoms with Crippen LogP contribution in [0.3, 0.4) is 0 Å². The number of likely N-dealkylation sites (N-methyl/N-ethyl adjacent to an activating group) is 1. The van der Waals surface area contributed by atoms with E-state index >= 15 is 0 Å². The zero-order valence-electron chi connectivity index (χ0n) is 22.2. The first-order valence-corrected chi connectivity index (χ1v) is 12.9. The van der Waals surface area contributed by atoms with Gasteiger partial charge in [-0.25, -0.2) is 9.50 Å². The molecule has 0 saturated carbocycles. The highest BCUT2D eigenvalue weighted by atomic mass is 16.2. The lowest BCUT2D eigenvalue weighted by atomic mass is 9.87. The molecule has 37 heavy (non-hydrogen) atoms. The minimum Gasteiger partial charge on any atom is -0.354 e. The Bertz CT molecular complexity index is 1460. The van der Waals surface area contributed by atoms with E-state index in [1.807, 2.05) is 32.4 Å². The largest absolute Gasteiger partial charge is 0.354 e. The number of amides is 2. The highest BCUT2D eigenvalue weighted by Gasteiger charge is 2.24. The summed E-state index contributed by atoms with van der Waals surface area (Å²) in [5.41, 5.74) is 6.48. The molecule has 1 aromatic carbocycles. The van der Waals surface area contributed by atoms with E-state index in [9.17, 15) is 9.59 Å². The Morgan fingerprint density at radius 2 is 1.92 bits per heavy atom. The van der Waals surface area contributed by atoms with Gasteiger partial charge in [-0.15, -0.1) is 5.10 Å². The topological polar surface area (TPSA) is 98.6 Å². The van der Waals surface area contributed by atoms with Crippen LogP contribution in [0, 0.1) is 0 Å². The second-order valence-corrected chi connectivity index (χ2v) is 10.4. The van der Waals surface area contributed by atoms with Crippen molar-refractivity contribution in [3.8, 4) is 11.3 Å². The number of nitrogens with one attached hydrogen (secondary N) is 2. The highest BCUT2D eigenvalue weighted by molar-refractivity contribution is 5.93. The molecule has 0 radical (unpaired) electrons. The van der Waals surface area contributed by atoms with Gasteiger partial charge >= 0.3 is 0 Å². The molecule has 1 saturated heterocycles. The number of carbonyl (C=O) groups is 2. The average molecular weight is 502 g/mol. The lowest BCUT2D eigenvalue weighted by Gasteiger charge is -2.32. The molecule has 4 heterocycles. The third-order valence-electron chi connectivity index (χ3n) is 7.41. The first-order chi connectivity index (χ1) is 17.7. The molecule has 0 bridgehead atoms. The molecular formula is C28H35N7O2. The van der Waals surface area contributed by atoms with E-state index in [1.165, 1.54) is 16.5 Å². The Balaban J connectivity index is 1.44. The quantitative estimate of drug-likeness (QED) is 0.420. The number of H-pyrrole nitrogens is 1. The van der Waals surface area contributed by atoms with Crippen LogP contribution < -0.4 is 5.32 Å². The predicted molar refractivity (Wildman–Crippen MR) is 145 cm³/mol. The number of hydrogen-bond acceptors (Lipinski definition) is 5. The van der Waals surface area contributed by atoms with E-state index in [4.69, 9.17) is 0 Å². The van der Waals surface area contributed by atoms with Crippen molar-refractivity contribution in [1.29, 1.82) is 0 Å². The zero-order valence-corrected chi connectivity index (χ0v) is 22.2. The summed E-state index contributed by atoms with van der Waals surface area (Å²) in [6, 6.07) is 10.8. The lowest BCUT2D eigenvalue weighted by Crippen LogP contribution is -2.40. The Morgan fingerprint density at radius 3 is 2.59 bits per heavy atom. The number of aromatic nitrogens is 4. The van der Waals surface area contributed by atoms with E-state index in [0.29, 0.717) is 24.0 Å². The summed E-state index contributed by atoms with van der Waals surface area (Å²) in [6.45, 7) is 6.82. The molecule has 5 rings (SSSR count). The summed E-state index contributed by atoms with van der Waals surface area (Å²) < 4.78 is 1.63. The maximum Gasteiger partial charge on any atom is 0.290 e. The molecule has 9 nitrogen and oxygen atoms in total. The second-order valence-electron chi connectivity index (χ2n) is 10.4. The van der Waals surface area contributed by atoms with Gasteiger partial charge in [-0.1, -0.05) is 19.9 Å². The number of fused-ring (bicyclic) bond motifs is 2. The first-order valence-electron chi connectivity index (χ1n) is 12.9. The third kappa shape index (κ3) is 4.83. The van der Waals surface area contributed by atoms with Gasteiger partial charge in [0.1, 0.15) is 0 Å². The summed E-state index contributed by atoms with van der Waals surface area (Å²) in [5.74, 6) is 0.816. The molecule has 0 unspecified atom stereocenters. The summed E-state index contributed by atoms with van der Waals surface area (Å²) in [6.07, 6.45) is 3.95. The number of pyridine rings is 1. The van der Waals surface area contributed by atoms with Crippen LogP contribution in [0.5, 0.6) is 0 Å². The number of carbonyl (C=O) groups excluding carboxylic acids is 2. The lowest BCUT2D eigenvalue weighted by molar-refractivity contribution is -0.130. The SMILES string of the molecule is CNC(=O)c1nc2cc(-c3[nH]c4ccc(C5CCN(CC(=O)N(C)C)CC5)cc4c3C(C)C)ccn2n1. The molecule has 1 aliphatic rings. The summed E-state index contributed by atoms with van der Waals surface area (Å²) in [4.78, 5) is 36.1. The van der Waals surface area contributed by atoms with Crippen molar-refractivity contribution in [2.45, 2.75) is 38.5 Å². The van der Waals surface area contributed by atoms with Gasteiger partial charge < -0.3 is 15.2 Å². The fourth-order valence-corrected chi connectivity index (χ4v) is 5.31. The second kappa shape index (κ2) is 9.97. The Labute approximate surface area is 216 Å². The molecule has 2 amide bonds. The highest BCUT2D eigenvalue weighted by Crippen LogP contribution is 2.38. The maximum absolute atomic E-state index is 12.1. The van der Waals surface area contributed by atoms with Crippen LogP contribution in [-0.2, 0) is 4.79 Å². The molecule has 4 aromatic rings. The van der Waals surface area contributed by atoms with E-state index in [0.717, 1.165) is 42.7 Å². The van der Waals surface area contributed by atoms with Gasteiger partial charge in [-0.3, -0.25) is 14.5 Å². The number of likely N-dealkylation sites (tertiary alicyclic amines) is 1. The fraction of sp³-hybridized carbons (Fsp3) is 0.429. The van der Waals surface area contributed by atoms with E-state index in [2.05, 4.69) is 57.3 Å². The smallest absolute Gasteiger partial charge is 0.290 e. The van der Waals surface area contributed by atoms with Gasteiger partial charge in [0.05, 0.1) is 12.2 Å². The normalized spacial score (nSPS) is 15.1. The Hall–Kier alpha value is -3.72. The zero-order chi connectivity index (χ0) is 26.3. The molecule has 2 N–H and O–H groups in total. The standard InChI is InChI=1S/C28H35N7O2/c1-17(2)25-21-14-19(18-8-11-34(12-9-18)16-24(36)33(4)5)6-7-22(21)30-26(25)20-10-13-35-23(15-20)31-27(32-35)28(37)29-3/h6-7,10,13-15,17-18,30H,8-9,11-12,16H2,1-5H3,(H,29,37). The van der Waals surface area contributed by atoms with Crippen molar-refractivity contribution in [1.82, 2.24) is 34.7 Å². The molecule has 0 aliphatic carbocycles. The van der Waals surface area contributed by atoms with Crippen molar-refractivity contribution in [3.05, 3.63) is 53.5 Å². The summed E-state index contributed by atoms with van der Waals surface area (Å²) in [5, 5.41) is 8.10. The maximum atomic E-state index is 12.1. The van der Waals surface area contributed by atoms with Crippen molar-refractivity contribution in [2.75, 3.05) is 40.8 Å². The van der Waals surface area contributed by atoms with Crippen molar-refractivity contribution in [3.63, 3.8) is 0 Å². The number of benzene rings is 1. The molecule has 9 heteroatoms. The van der Waals surface area contributed by atoms with Crippen molar-refractivity contribution in [2.24, 2.45) is 0 Å². The number of piperidine rings is 1. The molecule has 1 fully saturated rings. The molecular weight excluding hydrogens is 466 g/mol. The molecule has 0 spiro atoms. The number of aromatic amines is 1. The van der Waals surface area contributed by atoms with E-state index in [1.54, 1.807) is 16.5 Å². The van der Waals surface area contributed by atoms with Crippen molar-refractivity contribution < 1.29 is 9.59 Å². The van der Waals surface area contributed by atoms with Crippen LogP contribution in [0.4, 0.5) is 0 Å². The number of rotatable bonds is 6.